The molecule has 1 aliphatic rings. The molecule has 6 nitrogen and oxygen atoms in total. The fourth-order valence-corrected chi connectivity index (χ4v) is 4.04. The molecule has 0 bridgehead atoms. The molecule has 1 aromatic carbocycles. The number of thiazole rings is 1. The van der Waals surface area contributed by atoms with E-state index in [4.69, 9.17) is 4.74 Å². The van der Waals surface area contributed by atoms with Crippen LogP contribution in [0.2, 0.25) is 0 Å². The number of carbonyl (C=O) groups excluding carboxylic acids is 1. The Morgan fingerprint density at radius 1 is 1.38 bits per heavy atom. The average molecular weight is 342 g/mol. The third kappa shape index (κ3) is 2.54. The van der Waals surface area contributed by atoms with Crippen molar-refractivity contribution in [1.29, 1.82) is 0 Å². The van der Waals surface area contributed by atoms with Crippen LogP contribution in [-0.2, 0) is 24.6 Å². The standard InChI is InChI=1S/C17H18N4O2S/c1-3-23-15(22)10-7-8-13-12(9-10)18-16(21(13)2)20-17-19-11-5-4-6-14(11)24-17/h7-9H,3-6H2,1-2H3,(H,18,19,20). The van der Waals surface area contributed by atoms with Crippen molar-refractivity contribution < 1.29 is 9.53 Å². The van der Waals surface area contributed by atoms with Gasteiger partial charge in [0, 0.05) is 11.9 Å². The van der Waals surface area contributed by atoms with Crippen molar-refractivity contribution >= 4 is 39.4 Å². The molecule has 4 rings (SSSR count). The van der Waals surface area contributed by atoms with Gasteiger partial charge in [-0.15, -0.1) is 11.3 Å². The number of anilines is 2. The Labute approximate surface area is 143 Å². The number of aryl methyl sites for hydroxylation is 3. The average Bonchev–Trinajstić information content (AvgIpc) is 3.22. The minimum absolute atomic E-state index is 0.323. The van der Waals surface area contributed by atoms with Gasteiger partial charge < -0.3 is 14.6 Å². The van der Waals surface area contributed by atoms with Crippen LogP contribution in [-0.4, -0.2) is 27.1 Å². The molecule has 124 valence electrons. The number of ether oxygens (including phenoxy) is 1. The molecule has 2 heterocycles. The van der Waals surface area contributed by atoms with Crippen LogP contribution in [0.15, 0.2) is 18.2 Å². The molecular formula is C17H18N4O2S. The van der Waals surface area contributed by atoms with Crippen LogP contribution in [0.5, 0.6) is 0 Å². The van der Waals surface area contributed by atoms with E-state index in [0.717, 1.165) is 35.0 Å². The summed E-state index contributed by atoms with van der Waals surface area (Å²) in [6.45, 7) is 2.16. The molecule has 7 heteroatoms. The fraction of sp³-hybridized carbons (Fsp3) is 0.353. The predicted octanol–water partition coefficient (Wildman–Crippen LogP) is 3.44. The first-order valence-electron chi connectivity index (χ1n) is 8.05. The third-order valence-corrected chi connectivity index (χ3v) is 5.28. The van der Waals surface area contributed by atoms with Gasteiger partial charge in [-0.1, -0.05) is 0 Å². The van der Waals surface area contributed by atoms with E-state index in [1.807, 2.05) is 17.7 Å². The van der Waals surface area contributed by atoms with Gasteiger partial charge in [0.1, 0.15) is 0 Å². The van der Waals surface area contributed by atoms with Crippen molar-refractivity contribution in [1.82, 2.24) is 14.5 Å². The molecule has 0 radical (unpaired) electrons. The maximum atomic E-state index is 11.9. The Morgan fingerprint density at radius 2 is 2.25 bits per heavy atom. The van der Waals surface area contributed by atoms with E-state index in [0.29, 0.717) is 12.2 Å². The fourth-order valence-electron chi connectivity index (χ4n) is 2.99. The number of esters is 1. The molecule has 0 saturated heterocycles. The normalized spacial score (nSPS) is 13.2. The molecule has 3 aromatic rings. The summed E-state index contributed by atoms with van der Waals surface area (Å²) in [4.78, 5) is 22.5. The van der Waals surface area contributed by atoms with E-state index in [1.165, 1.54) is 17.0 Å². The highest BCUT2D eigenvalue weighted by Crippen LogP contribution is 2.32. The molecule has 24 heavy (non-hydrogen) atoms. The van der Waals surface area contributed by atoms with Crippen molar-refractivity contribution in [2.24, 2.45) is 7.05 Å². The number of rotatable bonds is 4. The topological polar surface area (TPSA) is 69.0 Å². The first kappa shape index (κ1) is 15.1. The maximum absolute atomic E-state index is 11.9. The van der Waals surface area contributed by atoms with Crippen LogP contribution in [0.3, 0.4) is 0 Å². The third-order valence-electron chi connectivity index (χ3n) is 4.21. The first-order valence-corrected chi connectivity index (χ1v) is 8.86. The Balaban J connectivity index is 1.65. The van der Waals surface area contributed by atoms with Gasteiger partial charge in [-0.2, -0.15) is 0 Å². The number of aromatic nitrogens is 3. The molecule has 1 aliphatic carbocycles. The molecule has 0 saturated carbocycles. The number of nitrogens with zero attached hydrogens (tertiary/aromatic N) is 3. The van der Waals surface area contributed by atoms with Gasteiger partial charge in [0.05, 0.1) is 28.9 Å². The first-order chi connectivity index (χ1) is 11.7. The highest BCUT2D eigenvalue weighted by Gasteiger charge is 2.18. The second-order valence-electron chi connectivity index (χ2n) is 5.79. The van der Waals surface area contributed by atoms with Gasteiger partial charge in [-0.05, 0) is 44.4 Å². The highest BCUT2D eigenvalue weighted by molar-refractivity contribution is 7.15. The summed E-state index contributed by atoms with van der Waals surface area (Å²) in [6.07, 6.45) is 3.40. The molecule has 0 fully saturated rings. The maximum Gasteiger partial charge on any atom is 0.338 e. The molecule has 0 atom stereocenters. The van der Waals surface area contributed by atoms with E-state index in [2.05, 4.69) is 15.3 Å². The molecule has 0 aliphatic heterocycles. The summed E-state index contributed by atoms with van der Waals surface area (Å²) in [6, 6.07) is 5.42. The summed E-state index contributed by atoms with van der Waals surface area (Å²) in [5.74, 6) is 0.398. The lowest BCUT2D eigenvalue weighted by Gasteiger charge is -2.03. The lowest BCUT2D eigenvalue weighted by Crippen LogP contribution is -2.04. The summed E-state index contributed by atoms with van der Waals surface area (Å²) in [5.41, 5.74) is 3.44. The molecular weight excluding hydrogens is 324 g/mol. The summed E-state index contributed by atoms with van der Waals surface area (Å²) >= 11 is 1.70. The second kappa shape index (κ2) is 5.90. The van der Waals surface area contributed by atoms with Crippen molar-refractivity contribution in [2.75, 3.05) is 11.9 Å². The van der Waals surface area contributed by atoms with Crippen LogP contribution in [0.1, 0.15) is 34.3 Å². The van der Waals surface area contributed by atoms with Crippen LogP contribution >= 0.6 is 11.3 Å². The zero-order chi connectivity index (χ0) is 16.7. The zero-order valence-corrected chi connectivity index (χ0v) is 14.4. The van der Waals surface area contributed by atoms with E-state index in [-0.39, 0.29) is 5.97 Å². The number of imidazole rings is 1. The largest absolute Gasteiger partial charge is 0.462 e. The number of fused-ring (bicyclic) bond motifs is 2. The Morgan fingerprint density at radius 3 is 3.04 bits per heavy atom. The van der Waals surface area contributed by atoms with Crippen molar-refractivity contribution in [2.45, 2.75) is 26.2 Å². The zero-order valence-electron chi connectivity index (χ0n) is 13.6. The van der Waals surface area contributed by atoms with E-state index >= 15 is 0 Å². The Hall–Kier alpha value is -2.41. The van der Waals surface area contributed by atoms with E-state index < -0.39 is 0 Å². The van der Waals surface area contributed by atoms with Gasteiger partial charge in [0.2, 0.25) is 5.95 Å². The molecule has 0 unspecified atom stereocenters. The summed E-state index contributed by atoms with van der Waals surface area (Å²) in [5, 5.41) is 4.19. The van der Waals surface area contributed by atoms with Crippen molar-refractivity contribution in [3.8, 4) is 0 Å². The highest BCUT2D eigenvalue weighted by atomic mass is 32.1. The molecule has 2 aromatic heterocycles. The number of nitrogens with one attached hydrogen (secondary N) is 1. The second-order valence-corrected chi connectivity index (χ2v) is 6.87. The van der Waals surface area contributed by atoms with Gasteiger partial charge in [-0.25, -0.2) is 14.8 Å². The number of hydrogen-bond acceptors (Lipinski definition) is 6. The predicted molar refractivity (Wildman–Crippen MR) is 94.1 cm³/mol. The van der Waals surface area contributed by atoms with Crippen molar-refractivity contribution in [3.63, 3.8) is 0 Å². The van der Waals surface area contributed by atoms with Crippen LogP contribution < -0.4 is 5.32 Å². The van der Waals surface area contributed by atoms with Gasteiger partial charge in [-0.3, -0.25) is 0 Å². The number of carbonyl (C=O) groups is 1. The van der Waals surface area contributed by atoms with E-state index in [1.54, 1.807) is 30.4 Å². The minimum atomic E-state index is -0.323. The minimum Gasteiger partial charge on any atom is -0.462 e. The van der Waals surface area contributed by atoms with E-state index in [9.17, 15) is 4.79 Å². The van der Waals surface area contributed by atoms with Crippen molar-refractivity contribution in [3.05, 3.63) is 34.3 Å². The summed E-state index contributed by atoms with van der Waals surface area (Å²) < 4.78 is 7.02. The quantitative estimate of drug-likeness (QED) is 0.736. The van der Waals surface area contributed by atoms with Crippen LogP contribution in [0.25, 0.3) is 11.0 Å². The molecule has 0 amide bonds. The van der Waals surface area contributed by atoms with Gasteiger partial charge >= 0.3 is 5.97 Å². The lowest BCUT2D eigenvalue weighted by atomic mass is 10.2. The number of benzene rings is 1. The van der Waals surface area contributed by atoms with Crippen LogP contribution in [0.4, 0.5) is 11.1 Å². The smallest absolute Gasteiger partial charge is 0.338 e. The monoisotopic (exact) mass is 342 g/mol. The Kier molecular flexibility index (Phi) is 3.72. The molecule has 0 spiro atoms. The lowest BCUT2D eigenvalue weighted by molar-refractivity contribution is 0.0526. The van der Waals surface area contributed by atoms with Gasteiger partial charge in [0.25, 0.3) is 0 Å². The van der Waals surface area contributed by atoms with Crippen LogP contribution in [0, 0.1) is 0 Å². The SMILES string of the molecule is CCOC(=O)c1ccc2c(c1)nc(Nc1nc3c(s1)CCC3)n2C. The Bertz CT molecular complexity index is 907. The molecule has 1 N–H and O–H groups in total. The summed E-state index contributed by atoms with van der Waals surface area (Å²) in [7, 11) is 1.95. The van der Waals surface area contributed by atoms with Gasteiger partial charge in [0.15, 0.2) is 5.13 Å². The number of hydrogen-bond donors (Lipinski definition) is 1.